The molecule has 1 unspecified atom stereocenters. The van der Waals surface area contributed by atoms with Gasteiger partial charge in [0.1, 0.15) is 11.5 Å². The lowest BCUT2D eigenvalue weighted by Gasteiger charge is -2.06. The van der Waals surface area contributed by atoms with Crippen LogP contribution in [0.3, 0.4) is 0 Å². The van der Waals surface area contributed by atoms with E-state index in [1.807, 2.05) is 0 Å². The molecule has 0 saturated heterocycles. The van der Waals surface area contributed by atoms with Crippen molar-refractivity contribution in [3.05, 3.63) is 34.9 Å². The molecule has 0 aliphatic heterocycles. The summed E-state index contributed by atoms with van der Waals surface area (Å²) in [5.41, 5.74) is 0.747. The minimum atomic E-state index is -1.69. The highest BCUT2D eigenvalue weighted by molar-refractivity contribution is 7.86. The Balaban J connectivity index is 2.40. The molecule has 0 saturated carbocycles. The van der Waals surface area contributed by atoms with Gasteiger partial charge in [0.15, 0.2) is 0 Å². The van der Waals surface area contributed by atoms with E-state index in [0.29, 0.717) is 5.02 Å². The van der Waals surface area contributed by atoms with Crippen molar-refractivity contribution in [2.24, 2.45) is 0 Å². The minimum absolute atomic E-state index is 0.225. The Morgan fingerprint density at radius 3 is 2.56 bits per heavy atom. The van der Waals surface area contributed by atoms with Crippen LogP contribution in [0.25, 0.3) is 0 Å². The SMILES string of the molecule is O=C(O)CS(=O)CC(=O)NCc1ccccc1Cl. The van der Waals surface area contributed by atoms with Gasteiger partial charge in [-0.2, -0.15) is 0 Å². The maximum Gasteiger partial charge on any atom is 0.316 e. The first-order valence-corrected chi connectivity index (χ1v) is 6.92. The van der Waals surface area contributed by atoms with Crippen molar-refractivity contribution < 1.29 is 18.9 Å². The Bertz CT molecular complexity index is 478. The average Bonchev–Trinajstić information content (AvgIpc) is 2.26. The van der Waals surface area contributed by atoms with Gasteiger partial charge in [0, 0.05) is 22.4 Å². The van der Waals surface area contributed by atoms with Gasteiger partial charge in [-0.3, -0.25) is 13.8 Å². The van der Waals surface area contributed by atoms with Gasteiger partial charge in [-0.05, 0) is 11.6 Å². The quantitative estimate of drug-likeness (QED) is 0.811. The Hall–Kier alpha value is -1.40. The highest BCUT2D eigenvalue weighted by Gasteiger charge is 2.11. The van der Waals surface area contributed by atoms with E-state index < -0.39 is 28.4 Å². The summed E-state index contributed by atoms with van der Waals surface area (Å²) in [6.07, 6.45) is 0. The van der Waals surface area contributed by atoms with E-state index in [1.165, 1.54) is 0 Å². The van der Waals surface area contributed by atoms with Crippen molar-refractivity contribution in [3.8, 4) is 0 Å². The highest BCUT2D eigenvalue weighted by atomic mass is 35.5. The van der Waals surface area contributed by atoms with Crippen molar-refractivity contribution in [2.75, 3.05) is 11.5 Å². The Morgan fingerprint density at radius 1 is 1.28 bits per heavy atom. The fraction of sp³-hybridized carbons (Fsp3) is 0.273. The maximum atomic E-state index is 11.4. The third kappa shape index (κ3) is 5.29. The number of amides is 1. The van der Waals surface area contributed by atoms with Crippen LogP contribution >= 0.6 is 11.6 Å². The van der Waals surface area contributed by atoms with Crippen LogP contribution < -0.4 is 5.32 Å². The second-order valence-electron chi connectivity index (χ2n) is 3.49. The van der Waals surface area contributed by atoms with E-state index in [-0.39, 0.29) is 12.3 Å². The molecular formula is C11H12ClNO4S. The molecule has 5 nitrogen and oxygen atoms in total. The lowest BCUT2D eigenvalue weighted by atomic mass is 10.2. The second kappa shape index (κ2) is 7.13. The maximum absolute atomic E-state index is 11.4. The van der Waals surface area contributed by atoms with Crippen LogP contribution in [0.1, 0.15) is 5.56 Å². The van der Waals surface area contributed by atoms with Gasteiger partial charge in [0.25, 0.3) is 0 Å². The van der Waals surface area contributed by atoms with Gasteiger partial charge < -0.3 is 10.4 Å². The Morgan fingerprint density at radius 2 is 1.94 bits per heavy atom. The Labute approximate surface area is 112 Å². The topological polar surface area (TPSA) is 83.5 Å². The predicted molar refractivity (Wildman–Crippen MR) is 68.8 cm³/mol. The van der Waals surface area contributed by atoms with Gasteiger partial charge in [-0.1, -0.05) is 29.8 Å². The molecule has 2 N–H and O–H groups in total. The molecule has 0 bridgehead atoms. The van der Waals surface area contributed by atoms with Crippen LogP contribution in [0, 0.1) is 0 Å². The number of hydrogen-bond acceptors (Lipinski definition) is 3. The molecule has 0 heterocycles. The molecule has 0 fully saturated rings. The van der Waals surface area contributed by atoms with Crippen molar-refractivity contribution in [3.63, 3.8) is 0 Å². The monoisotopic (exact) mass is 289 g/mol. The smallest absolute Gasteiger partial charge is 0.316 e. The van der Waals surface area contributed by atoms with Crippen molar-refractivity contribution in [2.45, 2.75) is 6.54 Å². The average molecular weight is 290 g/mol. The third-order valence-corrected chi connectivity index (χ3v) is 3.53. The normalized spacial score (nSPS) is 11.8. The molecule has 0 spiro atoms. The summed E-state index contributed by atoms with van der Waals surface area (Å²) in [5, 5.41) is 11.5. The van der Waals surface area contributed by atoms with Gasteiger partial charge in [-0.15, -0.1) is 0 Å². The van der Waals surface area contributed by atoms with Crippen molar-refractivity contribution in [1.29, 1.82) is 0 Å². The summed E-state index contributed by atoms with van der Waals surface area (Å²) < 4.78 is 11.2. The fourth-order valence-electron chi connectivity index (χ4n) is 1.22. The molecule has 18 heavy (non-hydrogen) atoms. The molecule has 1 aromatic rings. The van der Waals surface area contributed by atoms with E-state index in [0.717, 1.165) is 5.56 Å². The number of rotatable bonds is 6. The van der Waals surface area contributed by atoms with Crippen LogP contribution in [0.2, 0.25) is 5.02 Å². The van der Waals surface area contributed by atoms with Crippen LogP contribution in [-0.4, -0.2) is 32.7 Å². The van der Waals surface area contributed by atoms with Crippen LogP contribution in [-0.2, 0) is 26.9 Å². The number of hydrogen-bond donors (Lipinski definition) is 2. The van der Waals surface area contributed by atoms with Crippen LogP contribution in [0.15, 0.2) is 24.3 Å². The number of nitrogens with one attached hydrogen (secondary N) is 1. The molecule has 1 aromatic carbocycles. The molecule has 0 radical (unpaired) electrons. The second-order valence-corrected chi connectivity index (χ2v) is 5.35. The predicted octanol–water partition coefficient (Wildman–Crippen LogP) is 0.790. The van der Waals surface area contributed by atoms with E-state index >= 15 is 0 Å². The van der Waals surface area contributed by atoms with Crippen LogP contribution in [0.5, 0.6) is 0 Å². The highest BCUT2D eigenvalue weighted by Crippen LogP contribution is 2.14. The summed E-state index contributed by atoms with van der Waals surface area (Å²) in [6, 6.07) is 7.02. The summed E-state index contributed by atoms with van der Waals surface area (Å²) in [4.78, 5) is 21.7. The van der Waals surface area contributed by atoms with Gasteiger partial charge in [-0.25, -0.2) is 0 Å². The zero-order chi connectivity index (χ0) is 13.5. The zero-order valence-corrected chi connectivity index (χ0v) is 11.0. The summed E-state index contributed by atoms with van der Waals surface area (Å²) in [5.74, 6) is -2.50. The lowest BCUT2D eigenvalue weighted by Crippen LogP contribution is -2.29. The number of halogens is 1. The van der Waals surface area contributed by atoms with Gasteiger partial charge in [0.05, 0.1) is 0 Å². The third-order valence-electron chi connectivity index (χ3n) is 2.01. The first kappa shape index (κ1) is 14.7. The van der Waals surface area contributed by atoms with E-state index in [2.05, 4.69) is 5.32 Å². The van der Waals surface area contributed by atoms with Gasteiger partial charge in [0.2, 0.25) is 5.91 Å². The molecular weight excluding hydrogens is 278 g/mol. The van der Waals surface area contributed by atoms with E-state index in [4.69, 9.17) is 16.7 Å². The number of benzene rings is 1. The van der Waals surface area contributed by atoms with Crippen molar-refractivity contribution >= 4 is 34.3 Å². The molecule has 1 rings (SSSR count). The van der Waals surface area contributed by atoms with Gasteiger partial charge >= 0.3 is 5.97 Å². The van der Waals surface area contributed by atoms with Crippen molar-refractivity contribution in [1.82, 2.24) is 5.32 Å². The first-order chi connectivity index (χ1) is 8.49. The number of carbonyl (C=O) groups is 2. The standard InChI is InChI=1S/C11H12ClNO4S/c12-9-4-2-1-3-8(9)5-13-10(14)6-18(17)7-11(15)16/h1-4H,5-7H2,(H,13,14)(H,15,16). The molecule has 0 aromatic heterocycles. The van der Waals surface area contributed by atoms with Crippen LogP contribution in [0.4, 0.5) is 0 Å². The molecule has 1 atom stereocenters. The first-order valence-electron chi connectivity index (χ1n) is 5.06. The molecule has 98 valence electrons. The lowest BCUT2D eigenvalue weighted by molar-refractivity contribution is -0.133. The molecule has 7 heteroatoms. The minimum Gasteiger partial charge on any atom is -0.481 e. The largest absolute Gasteiger partial charge is 0.481 e. The summed E-state index contributed by atoms with van der Waals surface area (Å²) >= 11 is 5.89. The number of carboxylic acids is 1. The van der Waals surface area contributed by atoms with E-state index in [9.17, 15) is 13.8 Å². The molecule has 0 aliphatic carbocycles. The summed E-state index contributed by atoms with van der Waals surface area (Å²) in [6.45, 7) is 0.225. The Kier molecular flexibility index (Phi) is 5.80. The number of aliphatic carboxylic acids is 1. The molecule has 1 amide bonds. The number of carbonyl (C=O) groups excluding carboxylic acids is 1. The number of carboxylic acid groups (broad SMARTS) is 1. The zero-order valence-electron chi connectivity index (χ0n) is 9.39. The van der Waals surface area contributed by atoms with E-state index in [1.54, 1.807) is 24.3 Å². The fourth-order valence-corrected chi connectivity index (χ4v) is 2.20. The summed E-state index contributed by atoms with van der Waals surface area (Å²) in [7, 11) is -1.69. The molecule has 0 aliphatic rings.